The van der Waals surface area contributed by atoms with Crippen LogP contribution in [0.2, 0.25) is 0 Å². The van der Waals surface area contributed by atoms with Crippen LogP contribution >= 0.6 is 0 Å². The molecule has 6 nitrogen and oxygen atoms in total. The summed E-state index contributed by atoms with van der Waals surface area (Å²) in [6, 6.07) is 92.1. The average molecular weight is 945 g/mol. The third kappa shape index (κ3) is 5.91. The molecule has 74 heavy (non-hydrogen) atoms. The summed E-state index contributed by atoms with van der Waals surface area (Å²) in [7, 11) is 0. The highest BCUT2D eigenvalue weighted by Crippen LogP contribution is 2.51. The van der Waals surface area contributed by atoms with E-state index >= 15 is 0 Å². The molecule has 16 rings (SSSR count). The summed E-state index contributed by atoms with van der Waals surface area (Å²) in [5.41, 5.74) is 22.0. The Balaban J connectivity index is 1.01. The number of rotatable bonds is 6. The van der Waals surface area contributed by atoms with Gasteiger partial charge in [0, 0.05) is 80.1 Å². The lowest BCUT2D eigenvalue weighted by molar-refractivity contribution is 0.493. The van der Waals surface area contributed by atoms with Crippen molar-refractivity contribution in [3.05, 3.63) is 255 Å². The van der Waals surface area contributed by atoms with E-state index in [9.17, 15) is 0 Å². The molecular formula is C66H42B2N4O2. The van der Waals surface area contributed by atoms with E-state index in [0.717, 1.165) is 113 Å². The van der Waals surface area contributed by atoms with Crippen molar-refractivity contribution in [1.29, 1.82) is 0 Å². The molecular weight excluding hydrogens is 902 g/mol. The van der Waals surface area contributed by atoms with E-state index in [1.54, 1.807) is 0 Å². The third-order valence-electron chi connectivity index (χ3n) is 15.6. The van der Waals surface area contributed by atoms with Gasteiger partial charge in [0.15, 0.2) is 0 Å². The van der Waals surface area contributed by atoms with Gasteiger partial charge in [-0.05, 0) is 124 Å². The van der Waals surface area contributed by atoms with Gasteiger partial charge in [-0.3, -0.25) is 0 Å². The molecule has 0 fully saturated rings. The van der Waals surface area contributed by atoms with Crippen LogP contribution in [0.15, 0.2) is 259 Å². The minimum atomic E-state index is -0.151. The Morgan fingerprint density at radius 1 is 0.324 bits per heavy atom. The normalized spacial score (nSPS) is 13.4. The van der Waals surface area contributed by atoms with Crippen LogP contribution in [0.3, 0.4) is 0 Å². The van der Waals surface area contributed by atoms with Gasteiger partial charge in [0.05, 0.1) is 11.1 Å². The molecule has 0 N–H and O–H groups in total. The van der Waals surface area contributed by atoms with Crippen molar-refractivity contribution in [1.82, 2.24) is 0 Å². The molecule has 4 aliphatic heterocycles. The number of hydrogen-bond acceptors (Lipinski definition) is 6. The standard InChI is InChI=1S/C66H42B2N4O2/c1-6-22-43(23-7-1)69(44-24-8-2-9-25-44)48-38-57-64-58(39-48)72(47-30-14-5-15-31-47)56-41-61-53(40-52(56)67(64)50-33-17-19-35-54(50)70(57)45-26-10-3-11-27-45)68-51-34-18-20-36-55(51)71(46-28-12-4-13-29-46)59-42-62-63(66(74-61)65(59)68)49-32-16-21-37-60(49)73-62/h1-42H. The van der Waals surface area contributed by atoms with E-state index in [0.29, 0.717) is 0 Å². The monoisotopic (exact) mass is 944 g/mol. The summed E-state index contributed by atoms with van der Waals surface area (Å²) >= 11 is 0. The summed E-state index contributed by atoms with van der Waals surface area (Å²) in [6.07, 6.45) is 0. The number of nitrogens with zero attached hydrogens (tertiary/aromatic N) is 4. The minimum Gasteiger partial charge on any atom is -0.457 e. The molecule has 344 valence electrons. The van der Waals surface area contributed by atoms with Crippen molar-refractivity contribution in [2.45, 2.75) is 0 Å². The van der Waals surface area contributed by atoms with Crippen LogP contribution in [-0.4, -0.2) is 13.4 Å². The first-order chi connectivity index (χ1) is 36.7. The number of para-hydroxylation sites is 8. The summed E-state index contributed by atoms with van der Waals surface area (Å²) in [6.45, 7) is -0.283. The van der Waals surface area contributed by atoms with Crippen LogP contribution in [0.4, 0.5) is 68.2 Å². The number of anilines is 12. The summed E-state index contributed by atoms with van der Waals surface area (Å²) in [4.78, 5) is 9.75. The second-order valence-electron chi connectivity index (χ2n) is 19.6. The zero-order valence-electron chi connectivity index (χ0n) is 40.0. The fraction of sp³-hybridized carbons (Fsp3) is 0. The van der Waals surface area contributed by atoms with Gasteiger partial charge >= 0.3 is 0 Å². The highest BCUT2D eigenvalue weighted by molar-refractivity contribution is 7.02. The Hall–Kier alpha value is -9.65. The second-order valence-corrected chi connectivity index (χ2v) is 19.6. The van der Waals surface area contributed by atoms with Crippen LogP contribution < -0.4 is 57.1 Å². The van der Waals surface area contributed by atoms with Crippen molar-refractivity contribution >= 4 is 136 Å². The van der Waals surface area contributed by atoms with Crippen molar-refractivity contribution in [3.8, 4) is 11.5 Å². The zero-order chi connectivity index (χ0) is 48.4. The van der Waals surface area contributed by atoms with Crippen LogP contribution in [0.5, 0.6) is 11.5 Å². The predicted molar refractivity (Wildman–Crippen MR) is 308 cm³/mol. The smallest absolute Gasteiger partial charge is 0.256 e. The fourth-order valence-electron chi connectivity index (χ4n) is 12.7. The number of benzene rings is 11. The zero-order valence-corrected chi connectivity index (χ0v) is 40.0. The van der Waals surface area contributed by atoms with E-state index in [1.807, 2.05) is 6.07 Å². The van der Waals surface area contributed by atoms with Gasteiger partial charge in [-0.2, -0.15) is 0 Å². The molecule has 5 heterocycles. The molecule has 0 unspecified atom stereocenters. The van der Waals surface area contributed by atoms with Gasteiger partial charge in [0.1, 0.15) is 22.7 Å². The topological polar surface area (TPSA) is 35.3 Å². The van der Waals surface area contributed by atoms with Crippen molar-refractivity contribution in [2.75, 3.05) is 19.6 Å². The number of fused-ring (bicyclic) bond motifs is 12. The Kier molecular flexibility index (Phi) is 8.83. The Labute approximate surface area is 429 Å². The van der Waals surface area contributed by atoms with Gasteiger partial charge in [-0.15, -0.1) is 0 Å². The lowest BCUT2D eigenvalue weighted by atomic mass is 9.30. The maximum absolute atomic E-state index is 7.64. The molecule has 0 saturated heterocycles. The van der Waals surface area contributed by atoms with Crippen molar-refractivity contribution < 1.29 is 9.15 Å². The highest BCUT2D eigenvalue weighted by atomic mass is 16.5. The minimum absolute atomic E-state index is 0.131. The molecule has 12 aromatic rings. The molecule has 8 heteroatoms. The summed E-state index contributed by atoms with van der Waals surface area (Å²) in [5.74, 6) is 1.67. The average Bonchev–Trinajstić information content (AvgIpc) is 3.88. The maximum atomic E-state index is 7.64. The van der Waals surface area contributed by atoms with E-state index in [4.69, 9.17) is 9.15 Å². The van der Waals surface area contributed by atoms with Gasteiger partial charge in [-0.1, -0.05) is 152 Å². The molecule has 0 spiro atoms. The Morgan fingerprint density at radius 3 is 1.35 bits per heavy atom. The first-order valence-electron chi connectivity index (χ1n) is 25.4. The lowest BCUT2D eigenvalue weighted by Crippen LogP contribution is -2.64. The largest absolute Gasteiger partial charge is 0.457 e. The fourth-order valence-corrected chi connectivity index (χ4v) is 12.7. The first-order valence-corrected chi connectivity index (χ1v) is 25.4. The number of hydrogen-bond donors (Lipinski definition) is 0. The number of ether oxygens (including phenoxy) is 1. The predicted octanol–water partition coefficient (Wildman–Crippen LogP) is 13.5. The molecule has 0 atom stereocenters. The van der Waals surface area contributed by atoms with Crippen LogP contribution in [-0.2, 0) is 0 Å². The summed E-state index contributed by atoms with van der Waals surface area (Å²) < 4.78 is 14.4. The summed E-state index contributed by atoms with van der Waals surface area (Å²) in [5, 5.41) is 2.03. The Morgan fingerprint density at radius 2 is 0.784 bits per heavy atom. The molecule has 0 amide bonds. The van der Waals surface area contributed by atoms with E-state index in [-0.39, 0.29) is 13.4 Å². The van der Waals surface area contributed by atoms with Crippen LogP contribution in [0, 0.1) is 0 Å². The van der Waals surface area contributed by atoms with E-state index in [2.05, 4.69) is 268 Å². The van der Waals surface area contributed by atoms with E-state index in [1.165, 1.54) is 21.9 Å². The van der Waals surface area contributed by atoms with E-state index < -0.39 is 0 Å². The van der Waals surface area contributed by atoms with Gasteiger partial charge in [-0.25, -0.2) is 0 Å². The SMILES string of the molecule is c1ccc(N(c2ccccc2)c2cc3c4c(c2)N(c2ccccc2)c2cc5c(cc2B4c2ccccc2N3c2ccccc2)B2c3ccccc3N(c3ccccc3)c3cc4oc6ccccc6c4c(c32)O5)cc1. The Bertz CT molecular complexity index is 4170. The molecule has 0 saturated carbocycles. The van der Waals surface area contributed by atoms with Gasteiger partial charge < -0.3 is 28.8 Å². The van der Waals surface area contributed by atoms with Gasteiger partial charge in [0.25, 0.3) is 13.4 Å². The number of furan rings is 1. The van der Waals surface area contributed by atoms with Crippen LogP contribution in [0.1, 0.15) is 0 Å². The highest BCUT2D eigenvalue weighted by Gasteiger charge is 2.48. The van der Waals surface area contributed by atoms with Crippen LogP contribution in [0.25, 0.3) is 21.9 Å². The molecule has 0 bridgehead atoms. The second kappa shape index (κ2) is 15.9. The molecule has 0 aliphatic carbocycles. The molecule has 4 aliphatic rings. The maximum Gasteiger partial charge on any atom is 0.256 e. The molecule has 0 radical (unpaired) electrons. The molecule has 11 aromatic carbocycles. The molecule has 1 aromatic heterocycles. The quantitative estimate of drug-likeness (QED) is 0.155. The van der Waals surface area contributed by atoms with Crippen molar-refractivity contribution in [3.63, 3.8) is 0 Å². The van der Waals surface area contributed by atoms with Crippen molar-refractivity contribution in [2.24, 2.45) is 0 Å². The lowest BCUT2D eigenvalue weighted by Gasteiger charge is -2.46. The van der Waals surface area contributed by atoms with Gasteiger partial charge in [0.2, 0.25) is 0 Å². The first kappa shape index (κ1) is 41.0. The third-order valence-corrected chi connectivity index (χ3v) is 15.6.